The number of nitrogens with zero attached hydrogens (tertiary/aromatic N) is 2. The lowest BCUT2D eigenvalue weighted by Crippen LogP contribution is -2.61. The second-order valence-corrected chi connectivity index (χ2v) is 4.53. The first-order valence-electron chi connectivity index (χ1n) is 5.82. The van der Waals surface area contributed by atoms with Crippen LogP contribution in [0.5, 0.6) is 11.5 Å². The highest BCUT2D eigenvalue weighted by molar-refractivity contribution is 5.67. The van der Waals surface area contributed by atoms with Gasteiger partial charge < -0.3 is 24.6 Å². The van der Waals surface area contributed by atoms with E-state index in [1.165, 1.54) is 26.4 Å². The molecule has 7 nitrogen and oxygen atoms in total. The Hall–Kier alpha value is -2.46. The molecule has 1 aromatic rings. The van der Waals surface area contributed by atoms with Crippen molar-refractivity contribution in [3.05, 3.63) is 23.3 Å². The average molecular weight is 278 g/mol. The van der Waals surface area contributed by atoms with E-state index in [0.29, 0.717) is 17.1 Å². The summed E-state index contributed by atoms with van der Waals surface area (Å²) in [6, 6.07) is 4.95. The molecular weight excluding hydrogens is 264 g/mol. The molecule has 0 bridgehead atoms. The van der Waals surface area contributed by atoms with Gasteiger partial charge in [-0.05, 0) is 6.07 Å². The number of aliphatic hydroxyl groups is 1. The van der Waals surface area contributed by atoms with Gasteiger partial charge in [-0.1, -0.05) is 0 Å². The van der Waals surface area contributed by atoms with Crippen molar-refractivity contribution in [3.63, 3.8) is 0 Å². The molecule has 1 amide bonds. The van der Waals surface area contributed by atoms with Gasteiger partial charge in [-0.15, -0.1) is 0 Å². The third kappa shape index (κ3) is 2.10. The second kappa shape index (κ2) is 4.90. The summed E-state index contributed by atoms with van der Waals surface area (Å²) in [7, 11) is 2.84. The standard InChI is InChI=1S/C13H14N2O5/c1-19-10-4-9(11(20-2)3-8(10)5-14)13(18)6-15(7-13)12(16)17/h3-4,18H,6-7H2,1-2H3,(H,16,17). The van der Waals surface area contributed by atoms with E-state index in [1.54, 1.807) is 0 Å². The zero-order valence-electron chi connectivity index (χ0n) is 11.1. The number of carbonyl (C=O) groups is 1. The van der Waals surface area contributed by atoms with Crippen LogP contribution in [0.4, 0.5) is 4.79 Å². The summed E-state index contributed by atoms with van der Waals surface area (Å²) in [6.45, 7) is -0.0957. The van der Waals surface area contributed by atoms with Crippen LogP contribution in [0.2, 0.25) is 0 Å². The van der Waals surface area contributed by atoms with Crippen molar-refractivity contribution in [2.45, 2.75) is 5.60 Å². The molecule has 0 atom stereocenters. The van der Waals surface area contributed by atoms with Crippen LogP contribution in [0.25, 0.3) is 0 Å². The Kier molecular flexibility index (Phi) is 3.42. The maximum atomic E-state index is 10.8. The molecule has 0 spiro atoms. The quantitative estimate of drug-likeness (QED) is 0.846. The van der Waals surface area contributed by atoms with E-state index in [0.717, 1.165) is 4.90 Å². The molecule has 2 N–H and O–H groups in total. The van der Waals surface area contributed by atoms with Crippen molar-refractivity contribution >= 4 is 6.09 Å². The Bertz CT molecular complexity index is 587. The van der Waals surface area contributed by atoms with Crippen LogP contribution in [-0.2, 0) is 5.60 Å². The molecule has 1 aliphatic heterocycles. The normalized spacial score (nSPS) is 16.0. The highest BCUT2D eigenvalue weighted by Crippen LogP contribution is 2.40. The van der Waals surface area contributed by atoms with Gasteiger partial charge in [0.1, 0.15) is 23.2 Å². The van der Waals surface area contributed by atoms with Gasteiger partial charge in [0.05, 0.1) is 32.9 Å². The zero-order chi connectivity index (χ0) is 14.9. The van der Waals surface area contributed by atoms with Crippen LogP contribution in [-0.4, -0.2) is 48.5 Å². The fraction of sp³-hybridized carbons (Fsp3) is 0.385. The average Bonchev–Trinajstić information content (AvgIpc) is 2.41. The molecule has 2 rings (SSSR count). The first-order valence-corrected chi connectivity index (χ1v) is 5.82. The molecular formula is C13H14N2O5. The van der Waals surface area contributed by atoms with Gasteiger partial charge in [-0.2, -0.15) is 5.26 Å². The smallest absolute Gasteiger partial charge is 0.407 e. The van der Waals surface area contributed by atoms with Gasteiger partial charge in [0.25, 0.3) is 0 Å². The number of rotatable bonds is 3. The number of likely N-dealkylation sites (tertiary alicyclic amines) is 1. The van der Waals surface area contributed by atoms with Crippen LogP contribution in [0.1, 0.15) is 11.1 Å². The second-order valence-electron chi connectivity index (χ2n) is 4.53. The van der Waals surface area contributed by atoms with E-state index in [2.05, 4.69) is 0 Å². The van der Waals surface area contributed by atoms with E-state index < -0.39 is 11.7 Å². The first-order chi connectivity index (χ1) is 9.45. The van der Waals surface area contributed by atoms with Crippen LogP contribution >= 0.6 is 0 Å². The fourth-order valence-corrected chi connectivity index (χ4v) is 2.24. The molecule has 1 aliphatic rings. The summed E-state index contributed by atoms with van der Waals surface area (Å²) in [5.74, 6) is 0.639. The fourth-order valence-electron chi connectivity index (χ4n) is 2.24. The molecule has 106 valence electrons. The summed E-state index contributed by atoms with van der Waals surface area (Å²) in [5.41, 5.74) is -0.634. The van der Waals surface area contributed by atoms with E-state index in [9.17, 15) is 9.90 Å². The van der Waals surface area contributed by atoms with Crippen molar-refractivity contribution in [1.82, 2.24) is 4.90 Å². The number of ether oxygens (including phenoxy) is 2. The topological polar surface area (TPSA) is 103 Å². The summed E-state index contributed by atoms with van der Waals surface area (Å²) >= 11 is 0. The highest BCUT2D eigenvalue weighted by atomic mass is 16.5. The summed E-state index contributed by atoms with van der Waals surface area (Å²) in [6.07, 6.45) is -1.09. The number of nitriles is 1. The minimum Gasteiger partial charge on any atom is -0.496 e. The monoisotopic (exact) mass is 278 g/mol. The number of carboxylic acid groups (broad SMARTS) is 1. The number of hydrogen-bond donors (Lipinski definition) is 2. The third-order valence-corrected chi connectivity index (χ3v) is 3.32. The molecule has 7 heteroatoms. The van der Waals surface area contributed by atoms with E-state index in [4.69, 9.17) is 19.8 Å². The van der Waals surface area contributed by atoms with E-state index in [-0.39, 0.29) is 18.7 Å². The van der Waals surface area contributed by atoms with Gasteiger partial charge in [0, 0.05) is 11.6 Å². The van der Waals surface area contributed by atoms with Crippen LogP contribution < -0.4 is 9.47 Å². The molecule has 1 aromatic carbocycles. The number of β-amino-alcohol motifs (C(OH)–C–C–N with tert-alkyl or cyclic N) is 1. The summed E-state index contributed by atoms with van der Waals surface area (Å²) in [4.78, 5) is 11.9. The molecule has 1 fully saturated rings. The minimum absolute atomic E-state index is 0.0479. The van der Waals surface area contributed by atoms with Crippen LogP contribution in [0, 0.1) is 11.3 Å². The van der Waals surface area contributed by atoms with Crippen LogP contribution in [0.15, 0.2) is 12.1 Å². The van der Waals surface area contributed by atoms with E-state index in [1.807, 2.05) is 6.07 Å². The molecule has 1 saturated heterocycles. The summed E-state index contributed by atoms with van der Waals surface area (Å²) in [5, 5.41) is 28.3. The van der Waals surface area contributed by atoms with Gasteiger partial charge in [0.15, 0.2) is 0 Å². The van der Waals surface area contributed by atoms with Crippen molar-refractivity contribution < 1.29 is 24.5 Å². The summed E-state index contributed by atoms with van der Waals surface area (Å²) < 4.78 is 10.3. The zero-order valence-corrected chi connectivity index (χ0v) is 11.1. The Balaban J connectivity index is 2.42. The van der Waals surface area contributed by atoms with Crippen molar-refractivity contribution in [1.29, 1.82) is 5.26 Å². The highest BCUT2D eigenvalue weighted by Gasteiger charge is 2.47. The van der Waals surface area contributed by atoms with Crippen molar-refractivity contribution in [3.8, 4) is 17.6 Å². The maximum absolute atomic E-state index is 10.8. The number of methoxy groups -OCH3 is 2. The number of amides is 1. The SMILES string of the molecule is COc1cc(C2(O)CN(C(=O)O)C2)c(OC)cc1C#N. The number of hydrogen-bond acceptors (Lipinski definition) is 5. The van der Waals surface area contributed by atoms with Gasteiger partial charge >= 0.3 is 6.09 Å². The molecule has 0 aromatic heterocycles. The Morgan fingerprint density at radius 2 is 1.95 bits per heavy atom. The van der Waals surface area contributed by atoms with Crippen molar-refractivity contribution in [2.24, 2.45) is 0 Å². The lowest BCUT2D eigenvalue weighted by Gasteiger charge is -2.45. The largest absolute Gasteiger partial charge is 0.496 e. The number of benzene rings is 1. The van der Waals surface area contributed by atoms with Gasteiger partial charge in [-0.3, -0.25) is 0 Å². The molecule has 0 unspecified atom stereocenters. The Labute approximate surface area is 115 Å². The molecule has 20 heavy (non-hydrogen) atoms. The molecule has 0 saturated carbocycles. The maximum Gasteiger partial charge on any atom is 0.407 e. The van der Waals surface area contributed by atoms with E-state index >= 15 is 0 Å². The van der Waals surface area contributed by atoms with Crippen LogP contribution in [0.3, 0.4) is 0 Å². The minimum atomic E-state index is -1.33. The molecule has 1 heterocycles. The van der Waals surface area contributed by atoms with Gasteiger partial charge in [0.2, 0.25) is 0 Å². The lowest BCUT2D eigenvalue weighted by molar-refractivity contribution is -0.0910. The van der Waals surface area contributed by atoms with Gasteiger partial charge in [-0.25, -0.2) is 4.79 Å². The Morgan fingerprint density at radius 1 is 1.35 bits per heavy atom. The molecule has 0 aliphatic carbocycles. The predicted molar refractivity (Wildman–Crippen MR) is 67.8 cm³/mol. The predicted octanol–water partition coefficient (Wildman–Crippen LogP) is 0.757. The first kappa shape index (κ1) is 14.0. The van der Waals surface area contributed by atoms with Crippen molar-refractivity contribution in [2.75, 3.05) is 27.3 Å². The molecule has 0 radical (unpaired) electrons. The third-order valence-electron chi connectivity index (χ3n) is 3.32. The Morgan fingerprint density at radius 3 is 2.40 bits per heavy atom. The lowest BCUT2D eigenvalue weighted by atomic mass is 9.85.